The molecule has 266 valence electrons. The molecular weight excluding hydrogens is 587 g/mol. The smallest absolute Gasteiger partial charge is 0.268 e. The highest BCUT2D eigenvalue weighted by Crippen LogP contribution is 2.38. The van der Waals surface area contributed by atoms with E-state index in [9.17, 15) is 19.4 Å². The van der Waals surface area contributed by atoms with E-state index in [1.165, 1.54) is 77.0 Å². The van der Waals surface area contributed by atoms with Crippen molar-refractivity contribution in [3.8, 4) is 0 Å². The number of likely N-dealkylation sites (N-methyl/N-ethyl adjacent to an activating group) is 1. The second-order valence-corrected chi connectivity index (χ2v) is 15.0. The molecule has 1 unspecified atom stereocenters. The zero-order chi connectivity index (χ0) is 33.7. The van der Waals surface area contributed by atoms with Gasteiger partial charge in [0.05, 0.1) is 39.9 Å². The Morgan fingerprint density at radius 1 is 0.756 bits per heavy atom. The predicted molar refractivity (Wildman–Crippen MR) is 187 cm³/mol. The third-order valence-electron chi connectivity index (χ3n) is 7.91. The van der Waals surface area contributed by atoms with E-state index in [0.717, 1.165) is 51.4 Å². The van der Waals surface area contributed by atoms with Crippen molar-refractivity contribution in [3.63, 3.8) is 0 Å². The quantitative estimate of drug-likeness (QED) is 0.0325. The lowest BCUT2D eigenvalue weighted by molar-refractivity contribution is -0.870. The minimum absolute atomic E-state index is 0.00236. The van der Waals surface area contributed by atoms with Gasteiger partial charge in [-0.15, -0.1) is 0 Å². The Bertz CT molecular complexity index is 799. The van der Waals surface area contributed by atoms with Crippen LogP contribution in [0.15, 0.2) is 24.3 Å². The number of aliphatic hydroxyl groups is 1. The number of allylic oxidation sites excluding steroid dienone is 3. The van der Waals surface area contributed by atoms with Gasteiger partial charge in [-0.3, -0.25) is 9.36 Å². The number of unbranched alkanes of at least 4 members (excludes halogenated alkanes) is 17. The SMILES string of the molecule is CCCCCCC/C=C/CCCCCCCC(=O)N[C@@H](COP(=O)([O-])OCC[N+](C)(C)C)[C@H](O)/C=C/CCCCCCCCC. The second-order valence-electron chi connectivity index (χ2n) is 13.6. The van der Waals surface area contributed by atoms with E-state index in [1.807, 2.05) is 27.2 Å². The van der Waals surface area contributed by atoms with Crippen LogP contribution >= 0.6 is 7.82 Å². The molecule has 9 heteroatoms. The molecule has 0 fully saturated rings. The summed E-state index contributed by atoms with van der Waals surface area (Å²) in [5.41, 5.74) is 0. The Kier molecular flexibility index (Phi) is 28.5. The van der Waals surface area contributed by atoms with Gasteiger partial charge in [0.25, 0.3) is 7.82 Å². The number of phosphoric acid groups is 1. The Labute approximate surface area is 277 Å². The molecule has 0 aromatic rings. The molecule has 0 aromatic heterocycles. The third kappa shape index (κ3) is 31.4. The van der Waals surface area contributed by atoms with Crippen molar-refractivity contribution in [2.24, 2.45) is 0 Å². The summed E-state index contributed by atoms with van der Waals surface area (Å²) in [7, 11) is 1.25. The number of quaternary nitrogens is 1. The highest BCUT2D eigenvalue weighted by molar-refractivity contribution is 7.45. The van der Waals surface area contributed by atoms with Crippen LogP contribution in [0.5, 0.6) is 0 Å². The van der Waals surface area contributed by atoms with E-state index in [4.69, 9.17) is 9.05 Å². The molecule has 0 radical (unpaired) electrons. The van der Waals surface area contributed by atoms with Crippen LogP contribution in [-0.4, -0.2) is 68.5 Å². The first-order chi connectivity index (χ1) is 21.5. The van der Waals surface area contributed by atoms with Crippen LogP contribution in [0, 0.1) is 0 Å². The number of nitrogens with one attached hydrogen (secondary N) is 1. The van der Waals surface area contributed by atoms with Crippen LogP contribution in [0.2, 0.25) is 0 Å². The molecule has 0 aliphatic rings. The van der Waals surface area contributed by atoms with Crippen LogP contribution in [0.25, 0.3) is 0 Å². The summed E-state index contributed by atoms with van der Waals surface area (Å²) in [6, 6.07) is -0.884. The molecule has 1 amide bonds. The topological polar surface area (TPSA) is 108 Å². The molecule has 0 spiro atoms. The van der Waals surface area contributed by atoms with E-state index >= 15 is 0 Å². The van der Waals surface area contributed by atoms with Crippen LogP contribution in [-0.2, 0) is 18.4 Å². The first-order valence-electron chi connectivity index (χ1n) is 18.2. The largest absolute Gasteiger partial charge is 0.756 e. The summed E-state index contributed by atoms with van der Waals surface area (Å²) in [5, 5.41) is 13.6. The van der Waals surface area contributed by atoms with Gasteiger partial charge in [-0.2, -0.15) is 0 Å². The molecule has 0 bridgehead atoms. The van der Waals surface area contributed by atoms with Gasteiger partial charge in [0, 0.05) is 6.42 Å². The zero-order valence-electron chi connectivity index (χ0n) is 29.8. The highest BCUT2D eigenvalue weighted by atomic mass is 31.2. The van der Waals surface area contributed by atoms with E-state index in [1.54, 1.807) is 6.08 Å². The lowest BCUT2D eigenvalue weighted by Crippen LogP contribution is -2.45. The molecule has 3 atom stereocenters. The first-order valence-corrected chi connectivity index (χ1v) is 19.7. The van der Waals surface area contributed by atoms with Gasteiger partial charge in [-0.1, -0.05) is 122 Å². The molecule has 0 rings (SSSR count). The Morgan fingerprint density at radius 3 is 1.73 bits per heavy atom. The normalized spacial score (nSPS) is 15.1. The van der Waals surface area contributed by atoms with Crippen molar-refractivity contribution in [2.75, 3.05) is 40.9 Å². The molecule has 0 saturated carbocycles. The Balaban J connectivity index is 4.54. The maximum absolute atomic E-state index is 12.7. The fourth-order valence-electron chi connectivity index (χ4n) is 4.91. The van der Waals surface area contributed by atoms with Crippen LogP contribution in [0.4, 0.5) is 0 Å². The molecule has 8 nitrogen and oxygen atoms in total. The predicted octanol–water partition coefficient (Wildman–Crippen LogP) is 8.38. The van der Waals surface area contributed by atoms with Gasteiger partial charge in [0.1, 0.15) is 13.2 Å². The number of carbonyl (C=O) groups excluding carboxylic acids is 1. The second kappa shape index (κ2) is 29.1. The van der Waals surface area contributed by atoms with Crippen molar-refractivity contribution < 1.29 is 32.9 Å². The van der Waals surface area contributed by atoms with Gasteiger partial charge in [-0.05, 0) is 44.9 Å². The number of nitrogens with zero attached hydrogens (tertiary/aromatic N) is 1. The van der Waals surface area contributed by atoms with E-state index < -0.39 is 20.0 Å². The minimum atomic E-state index is -4.57. The maximum atomic E-state index is 12.7. The first kappa shape index (κ1) is 44.0. The molecular formula is C36H71N2O6P. The van der Waals surface area contributed by atoms with Gasteiger partial charge >= 0.3 is 0 Å². The standard InChI is InChI=1S/C36H71N2O6P/c1-6-8-10-12-14-16-17-18-19-20-22-24-26-28-30-36(40)37-34(33-44-45(41,42)43-32-31-38(3,4)5)35(39)29-27-25-23-21-15-13-11-9-7-2/h17-18,27,29,34-35,39H,6-16,19-26,28,30-33H2,1-5H3,(H-,37,40,41,42)/b18-17+,29-27+/t34-,35+/m0/s1. The zero-order valence-corrected chi connectivity index (χ0v) is 30.7. The number of hydrogen-bond donors (Lipinski definition) is 2. The minimum Gasteiger partial charge on any atom is -0.756 e. The van der Waals surface area contributed by atoms with Crippen LogP contribution < -0.4 is 10.2 Å². The van der Waals surface area contributed by atoms with Gasteiger partial charge < -0.3 is 28.8 Å². The van der Waals surface area contributed by atoms with Crippen molar-refractivity contribution in [3.05, 3.63) is 24.3 Å². The monoisotopic (exact) mass is 659 g/mol. The summed E-state index contributed by atoms with van der Waals surface area (Å²) >= 11 is 0. The number of phosphoric ester groups is 1. The number of carbonyl (C=O) groups is 1. The van der Waals surface area contributed by atoms with E-state index in [0.29, 0.717) is 17.4 Å². The molecule has 0 heterocycles. The summed E-state index contributed by atoms with van der Waals surface area (Å²) in [6.07, 6.45) is 30.8. The average Bonchev–Trinajstić information content (AvgIpc) is 2.97. The summed E-state index contributed by atoms with van der Waals surface area (Å²) in [4.78, 5) is 25.0. The Morgan fingerprint density at radius 2 is 1.22 bits per heavy atom. The summed E-state index contributed by atoms with van der Waals surface area (Å²) in [6.45, 7) is 4.57. The molecule has 2 N–H and O–H groups in total. The molecule has 0 saturated heterocycles. The van der Waals surface area contributed by atoms with Crippen molar-refractivity contribution in [1.29, 1.82) is 0 Å². The van der Waals surface area contributed by atoms with Gasteiger partial charge in [0.2, 0.25) is 5.91 Å². The molecule has 0 aromatic carbocycles. The Hall–Kier alpha value is -1.02. The van der Waals surface area contributed by atoms with Crippen LogP contribution in [0.1, 0.15) is 149 Å². The van der Waals surface area contributed by atoms with Crippen LogP contribution in [0.3, 0.4) is 0 Å². The average molecular weight is 659 g/mol. The van der Waals surface area contributed by atoms with Crippen molar-refractivity contribution in [2.45, 2.75) is 161 Å². The highest BCUT2D eigenvalue weighted by Gasteiger charge is 2.23. The van der Waals surface area contributed by atoms with E-state index in [2.05, 4.69) is 31.3 Å². The molecule has 0 aliphatic heterocycles. The number of aliphatic hydroxyl groups excluding tert-OH is 1. The fraction of sp³-hybridized carbons (Fsp3) is 0.861. The summed E-state index contributed by atoms with van der Waals surface area (Å²) < 4.78 is 23.0. The molecule has 0 aliphatic carbocycles. The lowest BCUT2D eigenvalue weighted by Gasteiger charge is -2.29. The van der Waals surface area contributed by atoms with E-state index in [-0.39, 0.29) is 19.1 Å². The maximum Gasteiger partial charge on any atom is 0.268 e. The van der Waals surface area contributed by atoms with Crippen molar-refractivity contribution >= 4 is 13.7 Å². The number of hydrogen-bond acceptors (Lipinski definition) is 6. The van der Waals surface area contributed by atoms with Crippen molar-refractivity contribution in [1.82, 2.24) is 5.32 Å². The van der Waals surface area contributed by atoms with Gasteiger partial charge in [-0.25, -0.2) is 0 Å². The fourth-order valence-corrected chi connectivity index (χ4v) is 5.63. The number of rotatable bonds is 32. The molecule has 45 heavy (non-hydrogen) atoms. The van der Waals surface area contributed by atoms with Gasteiger partial charge in [0.15, 0.2) is 0 Å². The number of amides is 1. The summed E-state index contributed by atoms with van der Waals surface area (Å²) in [5.74, 6) is -0.211. The lowest BCUT2D eigenvalue weighted by atomic mass is 10.1. The third-order valence-corrected chi connectivity index (χ3v) is 8.87.